The highest BCUT2D eigenvalue weighted by Gasteiger charge is 2.30. The van der Waals surface area contributed by atoms with Gasteiger partial charge in [0.2, 0.25) is 0 Å². The molecule has 0 saturated carbocycles. The third-order valence-electron chi connectivity index (χ3n) is 6.22. The fourth-order valence-corrected chi connectivity index (χ4v) is 4.37. The van der Waals surface area contributed by atoms with Gasteiger partial charge < -0.3 is 25.0 Å². The molecule has 0 radical (unpaired) electrons. The number of carbonyl (C=O) groups is 2. The number of ketones is 1. The van der Waals surface area contributed by atoms with E-state index in [2.05, 4.69) is 16.7 Å². The molecule has 0 saturated heterocycles. The first kappa shape index (κ1) is 30.6. The van der Waals surface area contributed by atoms with Gasteiger partial charge in [-0.2, -0.15) is 5.26 Å². The number of ether oxygens (including phenoxy) is 2. The number of rotatable bonds is 10. The maximum atomic E-state index is 13.5. The Bertz CT molecular complexity index is 1260. The minimum atomic E-state index is -0.296. The zero-order valence-corrected chi connectivity index (χ0v) is 24.5. The lowest BCUT2D eigenvalue weighted by Crippen LogP contribution is -2.30. The van der Waals surface area contributed by atoms with Gasteiger partial charge in [-0.25, -0.2) is 0 Å². The Labute approximate surface area is 234 Å². The predicted molar refractivity (Wildman–Crippen MR) is 153 cm³/mol. The van der Waals surface area contributed by atoms with Crippen LogP contribution in [0.4, 0.5) is 5.69 Å². The SMILES string of the molecule is Br.CCOc1cc2c(cc1C(=O)NC)C(=N)N(CC(=O)c1cc(NCCC#N)c(OC)c(C(C)(C)C)c1)C2. The maximum Gasteiger partial charge on any atom is 0.254 e. The molecule has 1 heterocycles. The van der Waals surface area contributed by atoms with E-state index in [0.717, 1.165) is 11.1 Å². The number of hydrogen-bond donors (Lipinski definition) is 3. The molecular formula is C28H36BrN5O4. The van der Waals surface area contributed by atoms with Crippen LogP contribution in [-0.4, -0.2) is 56.3 Å². The van der Waals surface area contributed by atoms with Crippen LogP contribution >= 0.6 is 17.0 Å². The van der Waals surface area contributed by atoms with Crippen molar-refractivity contribution in [1.29, 1.82) is 10.7 Å². The van der Waals surface area contributed by atoms with E-state index in [4.69, 9.17) is 20.1 Å². The summed E-state index contributed by atoms with van der Waals surface area (Å²) in [5.41, 5.74) is 3.53. The van der Waals surface area contributed by atoms with Crippen LogP contribution < -0.4 is 20.1 Å². The first-order chi connectivity index (χ1) is 17.5. The molecule has 3 rings (SSSR count). The van der Waals surface area contributed by atoms with E-state index in [0.29, 0.717) is 60.0 Å². The molecule has 0 atom stereocenters. The van der Waals surface area contributed by atoms with Gasteiger partial charge in [0, 0.05) is 36.8 Å². The number of Topliss-reactive ketones (excluding diaryl/α,β-unsaturated/α-hetero) is 1. The van der Waals surface area contributed by atoms with E-state index >= 15 is 0 Å². The zero-order chi connectivity index (χ0) is 27.3. The number of halogens is 1. The minimum absolute atomic E-state index is 0. The maximum absolute atomic E-state index is 13.5. The van der Waals surface area contributed by atoms with E-state index in [1.807, 2.05) is 33.8 Å². The summed E-state index contributed by atoms with van der Waals surface area (Å²) in [6.07, 6.45) is 0.317. The summed E-state index contributed by atoms with van der Waals surface area (Å²) in [5, 5.41) is 23.5. The summed E-state index contributed by atoms with van der Waals surface area (Å²) in [7, 11) is 3.14. The molecule has 0 spiro atoms. The van der Waals surface area contributed by atoms with Crippen LogP contribution in [0.15, 0.2) is 24.3 Å². The number of carbonyl (C=O) groups excluding carboxylic acids is 2. The fourth-order valence-electron chi connectivity index (χ4n) is 4.37. The molecular weight excluding hydrogens is 550 g/mol. The van der Waals surface area contributed by atoms with Gasteiger partial charge in [-0.3, -0.25) is 15.0 Å². The molecule has 9 nitrogen and oxygen atoms in total. The minimum Gasteiger partial charge on any atom is -0.494 e. The van der Waals surface area contributed by atoms with Gasteiger partial charge in [0.1, 0.15) is 17.3 Å². The first-order valence-electron chi connectivity index (χ1n) is 12.3. The van der Waals surface area contributed by atoms with E-state index in [1.165, 1.54) is 0 Å². The number of nitrogens with zero attached hydrogens (tertiary/aromatic N) is 2. The molecule has 3 N–H and O–H groups in total. The van der Waals surface area contributed by atoms with Crippen LogP contribution in [0.25, 0.3) is 0 Å². The van der Waals surface area contributed by atoms with Crippen LogP contribution in [0.5, 0.6) is 11.5 Å². The van der Waals surface area contributed by atoms with E-state index in [9.17, 15) is 9.59 Å². The number of benzene rings is 2. The van der Waals surface area contributed by atoms with Crippen LogP contribution in [0, 0.1) is 16.7 Å². The largest absolute Gasteiger partial charge is 0.494 e. The van der Waals surface area contributed by atoms with Crippen molar-refractivity contribution in [2.45, 2.75) is 46.1 Å². The molecule has 38 heavy (non-hydrogen) atoms. The fraction of sp³-hybridized carbons (Fsp3) is 0.429. The van der Waals surface area contributed by atoms with Crippen molar-refractivity contribution in [3.05, 3.63) is 52.1 Å². The third kappa shape index (κ3) is 6.45. The van der Waals surface area contributed by atoms with Crippen molar-refractivity contribution in [2.24, 2.45) is 0 Å². The summed E-state index contributed by atoms with van der Waals surface area (Å²) < 4.78 is 11.4. The van der Waals surface area contributed by atoms with Gasteiger partial charge in [0.05, 0.1) is 44.0 Å². The lowest BCUT2D eigenvalue weighted by atomic mass is 9.84. The highest BCUT2D eigenvalue weighted by Crippen LogP contribution is 2.39. The number of amides is 1. The smallest absolute Gasteiger partial charge is 0.254 e. The Morgan fingerprint density at radius 1 is 1.21 bits per heavy atom. The second kappa shape index (κ2) is 12.8. The van der Waals surface area contributed by atoms with Crippen LogP contribution in [0.3, 0.4) is 0 Å². The number of hydrogen-bond acceptors (Lipinski definition) is 7. The Hall–Kier alpha value is -3.58. The van der Waals surface area contributed by atoms with Gasteiger partial charge >= 0.3 is 0 Å². The molecule has 1 amide bonds. The van der Waals surface area contributed by atoms with Crippen molar-refractivity contribution in [1.82, 2.24) is 10.2 Å². The van der Waals surface area contributed by atoms with Gasteiger partial charge in [-0.15, -0.1) is 17.0 Å². The summed E-state index contributed by atoms with van der Waals surface area (Å²) in [5.74, 6) is 0.852. The highest BCUT2D eigenvalue weighted by atomic mass is 79.9. The molecule has 0 fully saturated rings. The van der Waals surface area contributed by atoms with Crippen molar-refractivity contribution < 1.29 is 19.1 Å². The Balaban J connectivity index is 0.00000507. The van der Waals surface area contributed by atoms with Crippen molar-refractivity contribution in [2.75, 3.05) is 39.2 Å². The quantitative estimate of drug-likeness (QED) is 0.273. The Morgan fingerprint density at radius 3 is 2.50 bits per heavy atom. The monoisotopic (exact) mass is 585 g/mol. The topological polar surface area (TPSA) is 128 Å². The molecule has 204 valence electrons. The van der Waals surface area contributed by atoms with Crippen LogP contribution in [-0.2, 0) is 12.0 Å². The molecule has 2 aromatic carbocycles. The second-order valence-electron chi connectivity index (χ2n) is 9.84. The van der Waals surface area contributed by atoms with Gasteiger partial charge in [0.15, 0.2) is 5.78 Å². The number of amidine groups is 1. The van der Waals surface area contributed by atoms with Crippen LogP contribution in [0.2, 0.25) is 0 Å². The Kier molecular flexibility index (Phi) is 10.3. The van der Waals surface area contributed by atoms with E-state index in [1.54, 1.807) is 37.3 Å². The molecule has 2 aromatic rings. The molecule has 0 aromatic heterocycles. The number of methoxy groups -OCH3 is 1. The number of nitriles is 1. The van der Waals surface area contributed by atoms with E-state index < -0.39 is 0 Å². The van der Waals surface area contributed by atoms with Gasteiger partial charge in [0.25, 0.3) is 5.91 Å². The predicted octanol–water partition coefficient (Wildman–Crippen LogP) is 4.68. The molecule has 0 aliphatic carbocycles. The number of anilines is 1. The van der Waals surface area contributed by atoms with Crippen LogP contribution in [0.1, 0.15) is 71.5 Å². The summed E-state index contributed by atoms with van der Waals surface area (Å²) in [4.78, 5) is 27.6. The number of nitrogens with one attached hydrogen (secondary N) is 3. The zero-order valence-electron chi connectivity index (χ0n) is 22.8. The number of fused-ring (bicyclic) bond motifs is 1. The normalized spacial score (nSPS) is 12.2. The van der Waals surface area contributed by atoms with Crippen molar-refractivity contribution in [3.8, 4) is 17.6 Å². The molecule has 0 bridgehead atoms. The van der Waals surface area contributed by atoms with Gasteiger partial charge in [-0.05, 0) is 42.2 Å². The average molecular weight is 587 g/mol. The molecule has 10 heteroatoms. The second-order valence-corrected chi connectivity index (χ2v) is 9.84. The summed E-state index contributed by atoms with van der Waals surface area (Å²) in [6, 6.07) is 9.15. The first-order valence-corrected chi connectivity index (χ1v) is 12.3. The van der Waals surface area contributed by atoms with Gasteiger partial charge in [-0.1, -0.05) is 20.8 Å². The summed E-state index contributed by atoms with van der Waals surface area (Å²) in [6.45, 7) is 9.18. The molecule has 0 unspecified atom stereocenters. The lowest BCUT2D eigenvalue weighted by Gasteiger charge is -2.26. The average Bonchev–Trinajstić information content (AvgIpc) is 3.16. The highest BCUT2D eigenvalue weighted by molar-refractivity contribution is 8.93. The van der Waals surface area contributed by atoms with E-state index in [-0.39, 0.29) is 46.5 Å². The molecule has 1 aliphatic rings. The molecule has 1 aliphatic heterocycles. The standard InChI is InChI=1S/C28H35N5O4.BrH/c1-7-37-24-13-18-15-33(26(30)19(18)14-20(24)27(35)31-5)16-23(34)17-11-21(28(2,3)4)25(36-6)22(12-17)32-10-8-9-29;/h11-14,30,32H,7-8,10,15-16H2,1-6H3,(H,31,35);1H. The third-order valence-corrected chi connectivity index (χ3v) is 6.22. The van der Waals surface area contributed by atoms with Crippen molar-refractivity contribution >= 4 is 40.2 Å². The summed E-state index contributed by atoms with van der Waals surface area (Å²) >= 11 is 0. The lowest BCUT2D eigenvalue weighted by molar-refractivity contribution is 0.0953. The Morgan fingerprint density at radius 2 is 1.92 bits per heavy atom. The van der Waals surface area contributed by atoms with Crippen molar-refractivity contribution in [3.63, 3.8) is 0 Å².